The Balaban J connectivity index is 2.22. The fourth-order valence-electron chi connectivity index (χ4n) is 1.47. The fourth-order valence-corrected chi connectivity index (χ4v) is 2.24. The second-order valence-electron chi connectivity index (χ2n) is 4.13. The number of methoxy groups -OCH3 is 2. The Bertz CT molecular complexity index is 466. The number of urea groups is 1. The van der Waals surface area contributed by atoms with E-state index in [1.807, 2.05) is 0 Å². The maximum absolute atomic E-state index is 11.5. The van der Waals surface area contributed by atoms with Gasteiger partial charge in [0.15, 0.2) is 5.69 Å². The normalized spacial score (nSPS) is 11.9. The van der Waals surface area contributed by atoms with E-state index in [9.17, 15) is 9.59 Å². The van der Waals surface area contributed by atoms with Crippen LogP contribution in [0.1, 0.15) is 15.5 Å². The first-order valence-corrected chi connectivity index (χ1v) is 7.16. The minimum Gasteiger partial charge on any atom is -0.476 e. The van der Waals surface area contributed by atoms with Gasteiger partial charge in [0.1, 0.15) is 0 Å². The van der Waals surface area contributed by atoms with E-state index in [-0.39, 0.29) is 17.8 Å². The number of hydrogen-bond donors (Lipinski definition) is 3. The highest BCUT2D eigenvalue weighted by Gasteiger charge is 2.10. The Morgan fingerprint density at radius 3 is 2.76 bits per heavy atom. The molecule has 0 aliphatic rings. The van der Waals surface area contributed by atoms with Crippen molar-refractivity contribution < 1.29 is 24.2 Å². The summed E-state index contributed by atoms with van der Waals surface area (Å²) in [5, 5.41) is 16.2. The van der Waals surface area contributed by atoms with Crippen molar-refractivity contribution in [1.29, 1.82) is 0 Å². The summed E-state index contributed by atoms with van der Waals surface area (Å²) in [7, 11) is 3.11. The summed E-state index contributed by atoms with van der Waals surface area (Å²) in [5.41, 5.74) is 0.0296. The van der Waals surface area contributed by atoms with Crippen LogP contribution in [0.2, 0.25) is 0 Å². The van der Waals surface area contributed by atoms with Gasteiger partial charge in [0.05, 0.1) is 17.7 Å². The lowest BCUT2D eigenvalue weighted by atomic mass is 10.4. The first-order valence-electron chi connectivity index (χ1n) is 6.28. The number of nitrogens with one attached hydrogen (secondary N) is 2. The number of hydrogen-bond acceptors (Lipinski definition) is 6. The van der Waals surface area contributed by atoms with Crippen molar-refractivity contribution in [3.8, 4) is 0 Å². The van der Waals surface area contributed by atoms with E-state index in [0.717, 1.165) is 0 Å². The van der Waals surface area contributed by atoms with E-state index >= 15 is 0 Å². The molecule has 1 unspecified atom stereocenters. The Hall–Kier alpha value is -1.71. The SMILES string of the molecule is COCC(CNC(=O)NCCc1nc(C(=O)O)cs1)OC. The van der Waals surface area contributed by atoms with E-state index < -0.39 is 5.97 Å². The number of thiazole rings is 1. The van der Waals surface area contributed by atoms with Crippen LogP contribution in [0.5, 0.6) is 0 Å². The summed E-state index contributed by atoms with van der Waals surface area (Å²) in [5.74, 6) is -1.05. The molecule has 0 aliphatic heterocycles. The van der Waals surface area contributed by atoms with Gasteiger partial charge in [-0.15, -0.1) is 11.3 Å². The van der Waals surface area contributed by atoms with Gasteiger partial charge in [-0.3, -0.25) is 0 Å². The molecule has 21 heavy (non-hydrogen) atoms. The molecule has 0 saturated heterocycles. The molecule has 0 aliphatic carbocycles. The molecule has 2 amide bonds. The molecule has 9 heteroatoms. The lowest BCUT2D eigenvalue weighted by molar-refractivity contribution is 0.0304. The quantitative estimate of drug-likeness (QED) is 0.606. The average molecular weight is 317 g/mol. The van der Waals surface area contributed by atoms with Crippen molar-refractivity contribution >= 4 is 23.3 Å². The van der Waals surface area contributed by atoms with Crippen LogP contribution in [-0.2, 0) is 15.9 Å². The highest BCUT2D eigenvalue weighted by Crippen LogP contribution is 2.09. The van der Waals surface area contributed by atoms with Crippen LogP contribution in [-0.4, -0.2) is 62.1 Å². The molecule has 8 nitrogen and oxygen atoms in total. The molecular formula is C12H19N3O5S. The van der Waals surface area contributed by atoms with Gasteiger partial charge in [0.2, 0.25) is 0 Å². The molecule has 0 aromatic carbocycles. The van der Waals surface area contributed by atoms with Crippen molar-refractivity contribution in [1.82, 2.24) is 15.6 Å². The van der Waals surface area contributed by atoms with Gasteiger partial charge in [0.25, 0.3) is 0 Å². The number of carbonyl (C=O) groups excluding carboxylic acids is 1. The molecule has 0 saturated carbocycles. The van der Waals surface area contributed by atoms with Gasteiger partial charge in [-0.1, -0.05) is 0 Å². The van der Waals surface area contributed by atoms with Crippen LogP contribution in [0.25, 0.3) is 0 Å². The molecular weight excluding hydrogens is 298 g/mol. The maximum Gasteiger partial charge on any atom is 0.355 e. The van der Waals surface area contributed by atoms with E-state index in [4.69, 9.17) is 14.6 Å². The van der Waals surface area contributed by atoms with E-state index in [0.29, 0.717) is 31.1 Å². The Morgan fingerprint density at radius 2 is 2.19 bits per heavy atom. The van der Waals surface area contributed by atoms with Crippen molar-refractivity contribution in [2.75, 3.05) is 33.9 Å². The highest BCUT2D eigenvalue weighted by molar-refractivity contribution is 7.09. The van der Waals surface area contributed by atoms with Gasteiger partial charge in [-0.25, -0.2) is 14.6 Å². The predicted molar refractivity (Wildman–Crippen MR) is 76.9 cm³/mol. The number of carboxylic acids is 1. The lowest BCUT2D eigenvalue weighted by Crippen LogP contribution is -2.42. The maximum atomic E-state index is 11.5. The number of carbonyl (C=O) groups is 2. The molecule has 0 radical (unpaired) electrons. The van der Waals surface area contributed by atoms with Crippen molar-refractivity contribution in [3.63, 3.8) is 0 Å². The second-order valence-corrected chi connectivity index (χ2v) is 5.07. The number of aromatic carboxylic acids is 1. The van der Waals surface area contributed by atoms with Crippen molar-refractivity contribution in [2.45, 2.75) is 12.5 Å². The first kappa shape index (κ1) is 17.3. The molecule has 0 fully saturated rings. The number of nitrogens with zero attached hydrogens (tertiary/aromatic N) is 1. The van der Waals surface area contributed by atoms with Gasteiger partial charge < -0.3 is 25.2 Å². The largest absolute Gasteiger partial charge is 0.476 e. The number of carboxylic acid groups (broad SMARTS) is 1. The van der Waals surface area contributed by atoms with Crippen LogP contribution in [0.15, 0.2) is 5.38 Å². The standard InChI is InChI=1S/C12H19N3O5S/c1-19-6-8(20-2)5-14-12(18)13-4-3-10-15-9(7-21-10)11(16)17/h7-8H,3-6H2,1-2H3,(H,16,17)(H2,13,14,18). The van der Waals surface area contributed by atoms with E-state index in [1.54, 1.807) is 14.2 Å². The lowest BCUT2D eigenvalue weighted by Gasteiger charge is -2.15. The summed E-state index contributed by atoms with van der Waals surface area (Å²) >= 11 is 1.26. The zero-order valence-corrected chi connectivity index (χ0v) is 12.7. The third-order valence-electron chi connectivity index (χ3n) is 2.57. The van der Waals surface area contributed by atoms with Gasteiger partial charge in [-0.05, 0) is 0 Å². The Labute approximate surface area is 126 Å². The summed E-state index contributed by atoms with van der Waals surface area (Å²) in [4.78, 5) is 26.1. The molecule has 1 rings (SSSR count). The average Bonchev–Trinajstić information content (AvgIpc) is 2.92. The van der Waals surface area contributed by atoms with Gasteiger partial charge >= 0.3 is 12.0 Å². The first-order chi connectivity index (χ1) is 10.1. The van der Waals surface area contributed by atoms with E-state index in [1.165, 1.54) is 16.7 Å². The smallest absolute Gasteiger partial charge is 0.355 e. The van der Waals surface area contributed by atoms with Crippen LogP contribution in [0.4, 0.5) is 4.79 Å². The topological polar surface area (TPSA) is 110 Å². The van der Waals surface area contributed by atoms with Gasteiger partial charge in [0, 0.05) is 39.1 Å². The number of amides is 2. The number of ether oxygens (including phenoxy) is 2. The predicted octanol–water partition coefficient (Wildman–Crippen LogP) is 0.344. The van der Waals surface area contributed by atoms with Crippen molar-refractivity contribution in [2.24, 2.45) is 0 Å². The Kier molecular flexibility index (Phi) is 7.65. The van der Waals surface area contributed by atoms with Gasteiger partial charge in [-0.2, -0.15) is 0 Å². The van der Waals surface area contributed by atoms with Crippen molar-refractivity contribution in [3.05, 3.63) is 16.1 Å². The summed E-state index contributed by atoms with van der Waals surface area (Å²) in [6.07, 6.45) is 0.287. The minimum atomic E-state index is -1.05. The molecule has 1 atom stereocenters. The highest BCUT2D eigenvalue weighted by atomic mass is 32.1. The monoisotopic (exact) mass is 317 g/mol. The molecule has 1 aromatic rings. The number of rotatable bonds is 9. The molecule has 3 N–H and O–H groups in total. The van der Waals surface area contributed by atoms with Crippen LogP contribution in [0, 0.1) is 0 Å². The molecule has 118 valence electrons. The summed E-state index contributed by atoms with van der Waals surface area (Å²) < 4.78 is 10.0. The molecule has 0 spiro atoms. The number of aromatic nitrogens is 1. The van der Waals surface area contributed by atoms with Crippen LogP contribution >= 0.6 is 11.3 Å². The van der Waals surface area contributed by atoms with Crippen LogP contribution in [0.3, 0.4) is 0 Å². The zero-order valence-electron chi connectivity index (χ0n) is 11.9. The molecule has 1 heterocycles. The molecule has 1 aromatic heterocycles. The van der Waals surface area contributed by atoms with Crippen LogP contribution < -0.4 is 10.6 Å². The summed E-state index contributed by atoms with van der Waals surface area (Å²) in [6.45, 7) is 1.12. The second kappa shape index (κ2) is 9.27. The van der Waals surface area contributed by atoms with E-state index in [2.05, 4.69) is 15.6 Å². The Morgan fingerprint density at radius 1 is 1.43 bits per heavy atom. The summed E-state index contributed by atoms with van der Waals surface area (Å²) in [6, 6.07) is -0.317. The third kappa shape index (κ3) is 6.52. The minimum absolute atomic E-state index is 0.0296. The fraction of sp³-hybridized carbons (Fsp3) is 0.583. The zero-order chi connectivity index (χ0) is 15.7. The molecule has 0 bridgehead atoms. The third-order valence-corrected chi connectivity index (χ3v) is 3.48.